The number of amides is 2. The fourth-order valence-corrected chi connectivity index (χ4v) is 5.56. The van der Waals surface area contributed by atoms with Gasteiger partial charge >= 0.3 is 5.97 Å². The first-order valence-electron chi connectivity index (χ1n) is 10.4. The zero-order valence-corrected chi connectivity index (χ0v) is 17.0. The quantitative estimate of drug-likeness (QED) is 0.727. The summed E-state index contributed by atoms with van der Waals surface area (Å²) in [4.78, 5) is 41.7. The van der Waals surface area contributed by atoms with Crippen LogP contribution < -0.4 is 0 Å². The predicted octanol–water partition coefficient (Wildman–Crippen LogP) is 2.62. The summed E-state index contributed by atoms with van der Waals surface area (Å²) in [5.41, 5.74) is 0.473. The van der Waals surface area contributed by atoms with Gasteiger partial charge in [0.15, 0.2) is 0 Å². The van der Waals surface area contributed by atoms with E-state index < -0.39 is 5.60 Å². The van der Waals surface area contributed by atoms with Crippen LogP contribution in [0, 0.1) is 5.92 Å². The Morgan fingerprint density at radius 2 is 1.82 bits per heavy atom. The zero-order chi connectivity index (χ0) is 19.6. The van der Waals surface area contributed by atoms with Gasteiger partial charge in [0.25, 0.3) is 0 Å². The molecule has 152 valence electrons. The monoisotopic (exact) mass is 404 g/mol. The fraction of sp³-hybridized carbons (Fsp3) is 0.667. The van der Waals surface area contributed by atoms with E-state index in [1.165, 1.54) is 0 Å². The van der Waals surface area contributed by atoms with Gasteiger partial charge in [-0.25, -0.2) is 0 Å². The molecule has 3 aliphatic rings. The van der Waals surface area contributed by atoms with Crippen LogP contribution in [0.5, 0.6) is 0 Å². The molecule has 0 aromatic carbocycles. The summed E-state index contributed by atoms with van der Waals surface area (Å²) in [7, 11) is 0. The molecule has 7 heteroatoms. The Morgan fingerprint density at radius 3 is 2.57 bits per heavy atom. The van der Waals surface area contributed by atoms with Gasteiger partial charge < -0.3 is 14.5 Å². The van der Waals surface area contributed by atoms with E-state index in [0.29, 0.717) is 32.6 Å². The molecule has 4 rings (SSSR count). The largest absolute Gasteiger partial charge is 0.458 e. The zero-order valence-electron chi connectivity index (χ0n) is 16.2. The molecule has 1 aromatic rings. The van der Waals surface area contributed by atoms with Crippen molar-refractivity contribution in [1.82, 2.24) is 9.80 Å². The van der Waals surface area contributed by atoms with Gasteiger partial charge in [0, 0.05) is 26.2 Å². The van der Waals surface area contributed by atoms with Crippen molar-refractivity contribution in [2.45, 2.75) is 57.0 Å². The summed E-state index contributed by atoms with van der Waals surface area (Å²) in [5.74, 6) is -0.424. The highest BCUT2D eigenvalue weighted by Gasteiger charge is 2.53. The predicted molar refractivity (Wildman–Crippen MR) is 106 cm³/mol. The molecule has 2 amide bonds. The number of thiophene rings is 1. The van der Waals surface area contributed by atoms with Crippen LogP contribution in [0.25, 0.3) is 0 Å². The van der Waals surface area contributed by atoms with E-state index in [9.17, 15) is 14.4 Å². The highest BCUT2D eigenvalue weighted by molar-refractivity contribution is 7.08. The summed E-state index contributed by atoms with van der Waals surface area (Å²) in [6.07, 6.45) is 6.18. The summed E-state index contributed by atoms with van der Waals surface area (Å²) < 4.78 is 5.71. The highest BCUT2D eigenvalue weighted by Crippen LogP contribution is 2.45. The third-order valence-corrected chi connectivity index (χ3v) is 7.15. The summed E-state index contributed by atoms with van der Waals surface area (Å²) in [6, 6.07) is 1.98. The van der Waals surface area contributed by atoms with Crippen LogP contribution in [-0.2, 0) is 25.5 Å². The molecule has 1 unspecified atom stereocenters. The summed E-state index contributed by atoms with van der Waals surface area (Å²) in [6.45, 7) is 2.41. The highest BCUT2D eigenvalue weighted by atomic mass is 32.1. The number of carbonyl (C=O) groups is 3. The lowest BCUT2D eigenvalue weighted by Crippen LogP contribution is -2.48. The van der Waals surface area contributed by atoms with E-state index in [0.717, 1.165) is 44.1 Å². The molecule has 1 saturated carbocycles. The molecule has 1 spiro atoms. The van der Waals surface area contributed by atoms with Crippen molar-refractivity contribution in [3.05, 3.63) is 22.4 Å². The van der Waals surface area contributed by atoms with Crippen LogP contribution in [0.15, 0.2) is 16.8 Å². The molecule has 3 heterocycles. The van der Waals surface area contributed by atoms with Gasteiger partial charge in [0.2, 0.25) is 11.8 Å². The van der Waals surface area contributed by atoms with E-state index in [1.807, 2.05) is 26.6 Å². The Kier molecular flexibility index (Phi) is 5.71. The maximum Gasteiger partial charge on any atom is 0.307 e. The van der Waals surface area contributed by atoms with Crippen molar-refractivity contribution >= 4 is 29.1 Å². The average Bonchev–Trinajstić information content (AvgIpc) is 3.21. The Labute approximate surface area is 169 Å². The number of hydrogen-bond acceptors (Lipinski definition) is 5. The number of rotatable bonds is 3. The Balaban J connectivity index is 1.39. The second kappa shape index (κ2) is 8.23. The van der Waals surface area contributed by atoms with E-state index in [2.05, 4.69) is 0 Å². The average molecular weight is 405 g/mol. The molecule has 6 nitrogen and oxygen atoms in total. The molecule has 2 saturated heterocycles. The molecule has 0 radical (unpaired) electrons. The van der Waals surface area contributed by atoms with Crippen molar-refractivity contribution in [2.75, 3.05) is 26.2 Å². The molecule has 28 heavy (non-hydrogen) atoms. The van der Waals surface area contributed by atoms with Crippen molar-refractivity contribution in [2.24, 2.45) is 5.92 Å². The molecule has 1 aromatic heterocycles. The minimum absolute atomic E-state index is 0.0416. The number of esters is 1. The van der Waals surface area contributed by atoms with E-state index in [1.54, 1.807) is 11.3 Å². The molecule has 3 fully saturated rings. The SMILES string of the molecule is O=C1CC(C(=O)N2CCCN(C(=O)Cc3ccsc3)CC2)C2(CCCCC2)O1. The van der Waals surface area contributed by atoms with Gasteiger partial charge in [-0.15, -0.1) is 0 Å². The maximum absolute atomic E-state index is 13.3. The number of ether oxygens (including phenoxy) is 1. The molecule has 0 bridgehead atoms. The van der Waals surface area contributed by atoms with Crippen LogP contribution in [0.2, 0.25) is 0 Å². The van der Waals surface area contributed by atoms with Crippen LogP contribution in [0.3, 0.4) is 0 Å². The van der Waals surface area contributed by atoms with Gasteiger partial charge in [-0.2, -0.15) is 11.3 Å². The van der Waals surface area contributed by atoms with Crippen molar-refractivity contribution in [1.29, 1.82) is 0 Å². The Bertz CT molecular complexity index is 727. The standard InChI is InChI=1S/C21H28N2O4S/c24-18(13-16-5-12-28-15-16)22-8-4-9-23(11-10-22)20(26)17-14-19(25)27-21(17)6-2-1-3-7-21/h5,12,15,17H,1-4,6-11,13-14H2. The Hall–Kier alpha value is -1.89. The number of nitrogens with zero attached hydrogens (tertiary/aromatic N) is 2. The molecular weight excluding hydrogens is 376 g/mol. The molecule has 0 N–H and O–H groups in total. The molecular formula is C21H28N2O4S. The molecule has 1 atom stereocenters. The van der Waals surface area contributed by atoms with Crippen LogP contribution >= 0.6 is 11.3 Å². The summed E-state index contributed by atoms with van der Waals surface area (Å²) >= 11 is 1.60. The minimum Gasteiger partial charge on any atom is -0.458 e. The normalized spacial score (nSPS) is 24.9. The fourth-order valence-electron chi connectivity index (χ4n) is 4.89. The van der Waals surface area contributed by atoms with E-state index >= 15 is 0 Å². The van der Waals surface area contributed by atoms with Gasteiger partial charge in [-0.3, -0.25) is 14.4 Å². The third kappa shape index (κ3) is 3.95. The first kappa shape index (κ1) is 19.4. The number of hydrogen-bond donors (Lipinski definition) is 0. The van der Waals surface area contributed by atoms with Crippen molar-refractivity contribution in [3.8, 4) is 0 Å². The van der Waals surface area contributed by atoms with Gasteiger partial charge in [-0.05, 0) is 54.5 Å². The second-order valence-electron chi connectivity index (χ2n) is 8.22. The molecule has 2 aliphatic heterocycles. The first-order valence-corrected chi connectivity index (χ1v) is 11.3. The third-order valence-electron chi connectivity index (χ3n) is 6.42. The van der Waals surface area contributed by atoms with Gasteiger partial charge in [0.1, 0.15) is 5.60 Å². The first-order chi connectivity index (χ1) is 13.6. The smallest absolute Gasteiger partial charge is 0.307 e. The van der Waals surface area contributed by atoms with E-state index in [4.69, 9.17) is 4.74 Å². The van der Waals surface area contributed by atoms with Crippen LogP contribution in [0.1, 0.15) is 50.5 Å². The number of carbonyl (C=O) groups excluding carboxylic acids is 3. The topological polar surface area (TPSA) is 66.9 Å². The van der Waals surface area contributed by atoms with Crippen molar-refractivity contribution in [3.63, 3.8) is 0 Å². The lowest BCUT2D eigenvalue weighted by atomic mass is 9.75. The van der Waals surface area contributed by atoms with Gasteiger partial charge in [-0.1, -0.05) is 6.42 Å². The van der Waals surface area contributed by atoms with Crippen LogP contribution in [0.4, 0.5) is 0 Å². The van der Waals surface area contributed by atoms with Crippen LogP contribution in [-0.4, -0.2) is 59.4 Å². The van der Waals surface area contributed by atoms with Gasteiger partial charge in [0.05, 0.1) is 18.8 Å². The van der Waals surface area contributed by atoms with Crippen molar-refractivity contribution < 1.29 is 19.1 Å². The second-order valence-corrected chi connectivity index (χ2v) is 9.00. The maximum atomic E-state index is 13.3. The lowest BCUT2D eigenvalue weighted by Gasteiger charge is -2.38. The Morgan fingerprint density at radius 1 is 1.07 bits per heavy atom. The molecule has 1 aliphatic carbocycles. The summed E-state index contributed by atoms with van der Waals surface area (Å²) in [5, 5.41) is 3.99. The minimum atomic E-state index is -0.576. The van der Waals surface area contributed by atoms with E-state index in [-0.39, 0.29) is 30.1 Å². The lowest BCUT2D eigenvalue weighted by molar-refractivity contribution is -0.155.